The Morgan fingerprint density at radius 3 is 2.71 bits per heavy atom. The molecule has 3 heterocycles. The van der Waals surface area contributed by atoms with E-state index in [9.17, 15) is 9.59 Å². The van der Waals surface area contributed by atoms with E-state index < -0.39 is 0 Å². The summed E-state index contributed by atoms with van der Waals surface area (Å²) < 4.78 is 13.9. The average molecular weight is 416 g/mol. The van der Waals surface area contributed by atoms with Gasteiger partial charge in [0.2, 0.25) is 12.7 Å². The average Bonchev–Trinajstić information content (AvgIpc) is 3.39. The second kappa shape index (κ2) is 7.64. The van der Waals surface area contributed by atoms with Crippen molar-refractivity contribution in [1.82, 2.24) is 14.1 Å². The number of aromatic nitrogens is 3. The molecule has 1 aliphatic heterocycles. The van der Waals surface area contributed by atoms with Crippen molar-refractivity contribution in [2.45, 2.75) is 20.0 Å². The summed E-state index contributed by atoms with van der Waals surface area (Å²) in [6.07, 6.45) is 3.36. The molecule has 0 spiro atoms. The Labute approximate surface area is 177 Å². The first-order valence-electron chi connectivity index (χ1n) is 9.97. The van der Waals surface area contributed by atoms with Crippen LogP contribution in [0.3, 0.4) is 0 Å². The topological polar surface area (TPSA) is 87.4 Å². The van der Waals surface area contributed by atoms with Gasteiger partial charge in [-0.15, -0.1) is 0 Å². The molecule has 8 nitrogen and oxygen atoms in total. The van der Waals surface area contributed by atoms with Crippen LogP contribution < -0.4 is 20.3 Å². The number of hydrogen-bond donors (Lipinski definition) is 1. The van der Waals surface area contributed by atoms with Gasteiger partial charge in [-0.25, -0.2) is 4.98 Å². The van der Waals surface area contributed by atoms with Crippen LogP contribution in [0.5, 0.6) is 11.5 Å². The number of carbonyl (C=O) groups excluding carboxylic acids is 1. The number of nitrogens with one attached hydrogen (secondary N) is 1. The van der Waals surface area contributed by atoms with Crippen molar-refractivity contribution in [2.75, 3.05) is 12.1 Å². The first-order chi connectivity index (χ1) is 15.1. The molecular weight excluding hydrogens is 396 g/mol. The van der Waals surface area contributed by atoms with Crippen LogP contribution in [0.4, 0.5) is 5.69 Å². The highest BCUT2D eigenvalue weighted by Gasteiger charge is 2.19. The SMILES string of the molecule is CCn1cnc2c(-c3ccccc3)cn(CC(=O)Nc3ccc4c(c3)OCO4)c2c1=O. The molecule has 1 amide bonds. The zero-order valence-electron chi connectivity index (χ0n) is 16.9. The first-order valence-corrected chi connectivity index (χ1v) is 9.97. The van der Waals surface area contributed by atoms with E-state index in [0.717, 1.165) is 11.1 Å². The van der Waals surface area contributed by atoms with Crippen molar-refractivity contribution in [3.63, 3.8) is 0 Å². The van der Waals surface area contributed by atoms with E-state index in [2.05, 4.69) is 10.3 Å². The predicted molar refractivity (Wildman–Crippen MR) is 116 cm³/mol. The van der Waals surface area contributed by atoms with Crippen LogP contribution in [0.15, 0.2) is 65.8 Å². The molecule has 2 aromatic heterocycles. The lowest BCUT2D eigenvalue weighted by molar-refractivity contribution is -0.116. The summed E-state index contributed by atoms with van der Waals surface area (Å²) in [5, 5.41) is 2.86. The lowest BCUT2D eigenvalue weighted by Crippen LogP contribution is -2.24. The van der Waals surface area contributed by atoms with Gasteiger partial charge in [-0.3, -0.25) is 14.2 Å². The number of nitrogens with zero attached hydrogens (tertiary/aromatic N) is 3. The van der Waals surface area contributed by atoms with Crippen LogP contribution in [0, 0.1) is 0 Å². The van der Waals surface area contributed by atoms with Gasteiger partial charge in [0.15, 0.2) is 11.5 Å². The Morgan fingerprint density at radius 1 is 1.10 bits per heavy atom. The van der Waals surface area contributed by atoms with E-state index in [0.29, 0.717) is 34.8 Å². The van der Waals surface area contributed by atoms with Crippen molar-refractivity contribution < 1.29 is 14.3 Å². The fourth-order valence-electron chi connectivity index (χ4n) is 3.72. The molecule has 0 fully saturated rings. The second-order valence-electron chi connectivity index (χ2n) is 7.19. The molecule has 0 bridgehead atoms. The maximum Gasteiger partial charge on any atom is 0.277 e. The fraction of sp³-hybridized carbons (Fsp3) is 0.174. The quantitative estimate of drug-likeness (QED) is 0.540. The number of ether oxygens (including phenoxy) is 2. The highest BCUT2D eigenvalue weighted by Crippen LogP contribution is 2.34. The third kappa shape index (κ3) is 3.42. The molecule has 0 saturated carbocycles. The highest BCUT2D eigenvalue weighted by molar-refractivity contribution is 5.95. The third-order valence-corrected chi connectivity index (χ3v) is 5.24. The summed E-state index contributed by atoms with van der Waals surface area (Å²) in [6.45, 7) is 2.52. The van der Waals surface area contributed by atoms with Gasteiger partial charge in [-0.2, -0.15) is 0 Å². The Hall–Kier alpha value is -4.07. The summed E-state index contributed by atoms with van der Waals surface area (Å²) in [7, 11) is 0. The zero-order chi connectivity index (χ0) is 21.4. The number of benzene rings is 2. The van der Waals surface area contributed by atoms with Crippen LogP contribution >= 0.6 is 0 Å². The summed E-state index contributed by atoms with van der Waals surface area (Å²) in [5.41, 5.74) is 3.15. The number of aryl methyl sites for hydroxylation is 1. The number of fused-ring (bicyclic) bond motifs is 2. The molecule has 156 valence electrons. The maximum atomic E-state index is 13.0. The number of anilines is 1. The van der Waals surface area contributed by atoms with Crippen molar-refractivity contribution in [2.24, 2.45) is 0 Å². The van der Waals surface area contributed by atoms with Gasteiger partial charge >= 0.3 is 0 Å². The minimum absolute atomic E-state index is 0.0254. The molecule has 1 N–H and O–H groups in total. The van der Waals surface area contributed by atoms with E-state index in [-0.39, 0.29) is 24.8 Å². The van der Waals surface area contributed by atoms with Crippen molar-refractivity contribution in [3.8, 4) is 22.6 Å². The van der Waals surface area contributed by atoms with Gasteiger partial charge in [0.1, 0.15) is 17.6 Å². The Balaban J connectivity index is 1.51. The molecule has 8 heteroatoms. The van der Waals surface area contributed by atoms with Gasteiger partial charge in [-0.1, -0.05) is 30.3 Å². The van der Waals surface area contributed by atoms with E-state index in [1.807, 2.05) is 43.5 Å². The molecule has 0 radical (unpaired) electrons. The predicted octanol–water partition coefficient (Wildman–Crippen LogP) is 3.25. The standard InChI is InChI=1S/C23H20N4O4/c1-2-26-13-24-21-17(15-6-4-3-5-7-15)11-27(22(21)23(26)29)12-20(28)25-16-8-9-18-19(10-16)31-14-30-18/h3-11,13H,2,12,14H2,1H3,(H,25,28). The Bertz CT molecular complexity index is 1340. The monoisotopic (exact) mass is 416 g/mol. The van der Waals surface area contributed by atoms with E-state index in [4.69, 9.17) is 9.47 Å². The lowest BCUT2D eigenvalue weighted by Gasteiger charge is -2.08. The molecular formula is C23H20N4O4. The van der Waals surface area contributed by atoms with Gasteiger partial charge in [-0.05, 0) is 24.6 Å². The molecule has 1 aliphatic rings. The van der Waals surface area contributed by atoms with Crippen LogP contribution in [0.25, 0.3) is 22.2 Å². The third-order valence-electron chi connectivity index (χ3n) is 5.24. The summed E-state index contributed by atoms with van der Waals surface area (Å²) in [6, 6.07) is 14.9. The van der Waals surface area contributed by atoms with Gasteiger partial charge < -0.3 is 19.4 Å². The van der Waals surface area contributed by atoms with Crippen LogP contribution in [0.1, 0.15) is 6.92 Å². The summed E-state index contributed by atoms with van der Waals surface area (Å²) in [5.74, 6) is 0.973. The second-order valence-corrected chi connectivity index (χ2v) is 7.19. The van der Waals surface area contributed by atoms with E-state index >= 15 is 0 Å². The smallest absolute Gasteiger partial charge is 0.277 e. The number of carbonyl (C=O) groups is 1. The fourth-order valence-corrected chi connectivity index (χ4v) is 3.72. The van der Waals surface area contributed by atoms with Crippen LogP contribution in [-0.4, -0.2) is 26.8 Å². The maximum absolute atomic E-state index is 13.0. The van der Waals surface area contributed by atoms with Crippen molar-refractivity contribution in [3.05, 3.63) is 71.4 Å². The molecule has 2 aromatic carbocycles. The van der Waals surface area contributed by atoms with Crippen molar-refractivity contribution in [1.29, 1.82) is 0 Å². The van der Waals surface area contributed by atoms with Gasteiger partial charge in [0, 0.05) is 30.1 Å². The Kier molecular flexibility index (Phi) is 4.66. The van der Waals surface area contributed by atoms with Crippen LogP contribution in [0.2, 0.25) is 0 Å². The number of rotatable bonds is 5. The molecule has 31 heavy (non-hydrogen) atoms. The molecule has 0 atom stereocenters. The van der Waals surface area contributed by atoms with Gasteiger partial charge in [0.05, 0.1) is 6.33 Å². The highest BCUT2D eigenvalue weighted by atomic mass is 16.7. The number of amides is 1. The molecule has 0 unspecified atom stereocenters. The minimum atomic E-state index is -0.262. The molecule has 0 aliphatic carbocycles. The summed E-state index contributed by atoms with van der Waals surface area (Å²) >= 11 is 0. The zero-order valence-corrected chi connectivity index (χ0v) is 16.9. The Morgan fingerprint density at radius 2 is 1.90 bits per heavy atom. The lowest BCUT2D eigenvalue weighted by atomic mass is 10.1. The largest absolute Gasteiger partial charge is 0.454 e. The summed E-state index contributed by atoms with van der Waals surface area (Å²) in [4.78, 5) is 30.4. The van der Waals surface area contributed by atoms with E-state index in [1.165, 1.54) is 4.57 Å². The van der Waals surface area contributed by atoms with Crippen molar-refractivity contribution >= 4 is 22.6 Å². The minimum Gasteiger partial charge on any atom is -0.454 e. The molecule has 0 saturated heterocycles. The van der Waals surface area contributed by atoms with Gasteiger partial charge in [0.25, 0.3) is 5.56 Å². The first kappa shape index (κ1) is 18.9. The van der Waals surface area contributed by atoms with E-state index in [1.54, 1.807) is 29.1 Å². The normalized spacial score (nSPS) is 12.3. The number of hydrogen-bond acceptors (Lipinski definition) is 5. The molecule has 5 rings (SSSR count). The van der Waals surface area contributed by atoms with Crippen LogP contribution in [-0.2, 0) is 17.9 Å². The molecule has 4 aromatic rings.